The maximum atomic E-state index is 8.76. The van der Waals surface area contributed by atoms with Gasteiger partial charge in [0.15, 0.2) is 5.84 Å². The number of nitrogens with zero attached hydrogens (tertiary/aromatic N) is 2. The van der Waals surface area contributed by atoms with Gasteiger partial charge in [0.25, 0.3) is 0 Å². The molecule has 88 valence electrons. The van der Waals surface area contributed by atoms with Crippen molar-refractivity contribution in [3.8, 4) is 0 Å². The standard InChI is InChI=1S/C11H17N3OS/c1-2-9(11(12)13-15)14-5-3-10-8(7-14)4-6-16-10/h4,6,9,15H,2-3,5,7H2,1H3,(H2,12,13). The molecule has 3 N–H and O–H groups in total. The average molecular weight is 239 g/mol. The van der Waals surface area contributed by atoms with Crippen LogP contribution in [0.4, 0.5) is 0 Å². The smallest absolute Gasteiger partial charge is 0.156 e. The first kappa shape index (κ1) is 11.4. The van der Waals surface area contributed by atoms with E-state index in [1.165, 1.54) is 10.4 Å². The van der Waals surface area contributed by atoms with Crippen LogP contribution in [0, 0.1) is 0 Å². The van der Waals surface area contributed by atoms with Crippen molar-refractivity contribution in [2.75, 3.05) is 6.54 Å². The second-order valence-electron chi connectivity index (χ2n) is 4.04. The number of hydrogen-bond donors (Lipinski definition) is 2. The summed E-state index contributed by atoms with van der Waals surface area (Å²) in [6.45, 7) is 3.96. The van der Waals surface area contributed by atoms with Crippen LogP contribution in [0.3, 0.4) is 0 Å². The molecule has 0 amide bonds. The van der Waals surface area contributed by atoms with E-state index in [2.05, 4.69) is 28.4 Å². The zero-order chi connectivity index (χ0) is 11.5. The molecule has 0 aromatic carbocycles. The summed E-state index contributed by atoms with van der Waals surface area (Å²) in [5.41, 5.74) is 7.10. The van der Waals surface area contributed by atoms with Crippen LogP contribution >= 0.6 is 11.3 Å². The lowest BCUT2D eigenvalue weighted by molar-refractivity contribution is 0.212. The molecule has 0 fully saturated rings. The monoisotopic (exact) mass is 239 g/mol. The largest absolute Gasteiger partial charge is 0.409 e. The Labute approximate surface area is 99.4 Å². The molecule has 0 radical (unpaired) electrons. The highest BCUT2D eigenvalue weighted by Gasteiger charge is 2.25. The van der Waals surface area contributed by atoms with E-state index in [4.69, 9.17) is 10.9 Å². The van der Waals surface area contributed by atoms with Gasteiger partial charge in [-0.05, 0) is 29.9 Å². The van der Waals surface area contributed by atoms with Gasteiger partial charge in [0.2, 0.25) is 0 Å². The van der Waals surface area contributed by atoms with E-state index in [9.17, 15) is 0 Å². The van der Waals surface area contributed by atoms with E-state index < -0.39 is 0 Å². The molecule has 0 saturated heterocycles. The highest BCUT2D eigenvalue weighted by Crippen LogP contribution is 2.25. The third-order valence-corrected chi connectivity index (χ3v) is 4.14. The summed E-state index contributed by atoms with van der Waals surface area (Å²) in [5.74, 6) is 0.321. The number of oxime groups is 1. The number of fused-ring (bicyclic) bond motifs is 1. The van der Waals surface area contributed by atoms with Crippen LogP contribution in [0.15, 0.2) is 16.6 Å². The molecule has 1 unspecified atom stereocenters. The van der Waals surface area contributed by atoms with Crippen LogP contribution in [-0.2, 0) is 13.0 Å². The predicted octanol–water partition coefficient (Wildman–Crippen LogP) is 1.63. The minimum absolute atomic E-state index is 0.0537. The molecule has 0 aliphatic carbocycles. The lowest BCUT2D eigenvalue weighted by Crippen LogP contribution is -2.46. The van der Waals surface area contributed by atoms with Crippen LogP contribution in [0.5, 0.6) is 0 Å². The first-order chi connectivity index (χ1) is 7.76. The van der Waals surface area contributed by atoms with Gasteiger partial charge < -0.3 is 10.9 Å². The molecule has 4 nitrogen and oxygen atoms in total. The van der Waals surface area contributed by atoms with Gasteiger partial charge in [-0.15, -0.1) is 11.3 Å². The highest BCUT2D eigenvalue weighted by molar-refractivity contribution is 7.10. The zero-order valence-electron chi connectivity index (χ0n) is 9.39. The van der Waals surface area contributed by atoms with Crippen molar-refractivity contribution in [2.45, 2.75) is 32.4 Å². The Balaban J connectivity index is 2.13. The summed E-state index contributed by atoms with van der Waals surface area (Å²) < 4.78 is 0. The van der Waals surface area contributed by atoms with Crippen molar-refractivity contribution in [1.29, 1.82) is 0 Å². The van der Waals surface area contributed by atoms with E-state index in [1.54, 1.807) is 0 Å². The van der Waals surface area contributed by atoms with Gasteiger partial charge in [-0.2, -0.15) is 0 Å². The first-order valence-corrected chi connectivity index (χ1v) is 6.41. The van der Waals surface area contributed by atoms with Crippen molar-refractivity contribution < 1.29 is 5.21 Å². The van der Waals surface area contributed by atoms with E-state index in [-0.39, 0.29) is 6.04 Å². The average Bonchev–Trinajstić information content (AvgIpc) is 2.77. The highest BCUT2D eigenvalue weighted by atomic mass is 32.1. The van der Waals surface area contributed by atoms with Gasteiger partial charge in [-0.25, -0.2) is 0 Å². The Morgan fingerprint density at radius 2 is 2.56 bits per heavy atom. The predicted molar refractivity (Wildman–Crippen MR) is 65.9 cm³/mol. The number of hydrogen-bond acceptors (Lipinski definition) is 4. The van der Waals surface area contributed by atoms with E-state index in [0.29, 0.717) is 5.84 Å². The van der Waals surface area contributed by atoms with Gasteiger partial charge in [0.1, 0.15) is 0 Å². The van der Waals surface area contributed by atoms with Gasteiger partial charge in [-0.3, -0.25) is 4.90 Å². The number of nitrogens with two attached hydrogens (primary N) is 1. The number of amidine groups is 1. The van der Waals surface area contributed by atoms with Gasteiger partial charge >= 0.3 is 0 Å². The molecule has 0 spiro atoms. The molecule has 5 heteroatoms. The lowest BCUT2D eigenvalue weighted by atomic mass is 10.1. The topological polar surface area (TPSA) is 61.9 Å². The van der Waals surface area contributed by atoms with Crippen molar-refractivity contribution >= 4 is 17.2 Å². The molecule has 2 heterocycles. The SMILES string of the molecule is CCC(C(N)=NO)N1CCc2sccc2C1. The minimum atomic E-state index is 0.0537. The maximum Gasteiger partial charge on any atom is 0.156 e. The maximum absolute atomic E-state index is 8.76. The van der Waals surface area contributed by atoms with Crippen molar-refractivity contribution in [3.05, 3.63) is 21.9 Å². The molecule has 0 saturated carbocycles. The molecule has 1 aliphatic rings. The fourth-order valence-electron chi connectivity index (χ4n) is 2.26. The van der Waals surface area contributed by atoms with Gasteiger partial charge in [0.05, 0.1) is 6.04 Å². The van der Waals surface area contributed by atoms with Crippen LogP contribution in [-0.4, -0.2) is 28.5 Å². The van der Waals surface area contributed by atoms with E-state index in [0.717, 1.165) is 25.9 Å². The summed E-state index contributed by atoms with van der Waals surface area (Å²) >= 11 is 1.82. The third-order valence-electron chi connectivity index (χ3n) is 3.12. The Kier molecular flexibility index (Phi) is 3.46. The zero-order valence-corrected chi connectivity index (χ0v) is 10.2. The molecule has 16 heavy (non-hydrogen) atoms. The van der Waals surface area contributed by atoms with Crippen LogP contribution < -0.4 is 5.73 Å². The summed E-state index contributed by atoms with van der Waals surface area (Å²) in [4.78, 5) is 3.76. The normalized spacial score (nSPS) is 19.4. The molecular weight excluding hydrogens is 222 g/mol. The van der Waals surface area contributed by atoms with Crippen molar-refractivity contribution in [2.24, 2.45) is 10.9 Å². The van der Waals surface area contributed by atoms with Gasteiger partial charge in [0, 0.05) is 18.0 Å². The van der Waals surface area contributed by atoms with Crippen molar-refractivity contribution in [1.82, 2.24) is 4.90 Å². The second-order valence-corrected chi connectivity index (χ2v) is 5.04. The summed E-state index contributed by atoms with van der Waals surface area (Å²) in [6.07, 6.45) is 1.94. The van der Waals surface area contributed by atoms with Crippen LogP contribution in [0.1, 0.15) is 23.8 Å². The molecule has 1 atom stereocenters. The summed E-state index contributed by atoms with van der Waals surface area (Å²) in [6, 6.07) is 2.23. The molecule has 1 aliphatic heterocycles. The van der Waals surface area contributed by atoms with Crippen LogP contribution in [0.2, 0.25) is 0 Å². The molecule has 0 bridgehead atoms. The molecule has 1 aromatic rings. The Morgan fingerprint density at radius 3 is 3.25 bits per heavy atom. The molecular formula is C11H17N3OS. The molecule has 2 rings (SSSR count). The number of rotatable bonds is 3. The first-order valence-electron chi connectivity index (χ1n) is 5.53. The Morgan fingerprint density at radius 1 is 1.75 bits per heavy atom. The fourth-order valence-corrected chi connectivity index (χ4v) is 3.15. The molecule has 1 aromatic heterocycles. The fraction of sp³-hybridized carbons (Fsp3) is 0.545. The van der Waals surface area contributed by atoms with E-state index >= 15 is 0 Å². The third kappa shape index (κ3) is 2.05. The van der Waals surface area contributed by atoms with E-state index in [1.807, 2.05) is 11.3 Å². The quantitative estimate of drug-likeness (QED) is 0.365. The second kappa shape index (κ2) is 4.84. The van der Waals surface area contributed by atoms with Crippen LogP contribution in [0.25, 0.3) is 0 Å². The Hall–Kier alpha value is -1.07. The number of thiophene rings is 1. The summed E-state index contributed by atoms with van der Waals surface area (Å²) in [7, 11) is 0. The lowest BCUT2D eigenvalue weighted by Gasteiger charge is -2.33. The van der Waals surface area contributed by atoms with Crippen molar-refractivity contribution in [3.63, 3.8) is 0 Å². The Bertz CT molecular complexity index is 388. The minimum Gasteiger partial charge on any atom is -0.409 e. The summed E-state index contributed by atoms with van der Waals surface area (Å²) in [5, 5.41) is 14.0. The van der Waals surface area contributed by atoms with Gasteiger partial charge in [-0.1, -0.05) is 12.1 Å².